The summed E-state index contributed by atoms with van der Waals surface area (Å²) in [6, 6.07) is 1.92. The lowest BCUT2D eigenvalue weighted by Crippen LogP contribution is -2.43. The zero-order valence-corrected chi connectivity index (χ0v) is 15.7. The van der Waals surface area contributed by atoms with Gasteiger partial charge in [0.05, 0.1) is 0 Å². The van der Waals surface area contributed by atoms with Crippen LogP contribution in [-0.2, 0) is 13.6 Å². The number of hydrogen-bond donors (Lipinski definition) is 0. The quantitative estimate of drug-likeness (QED) is 0.310. The van der Waals surface area contributed by atoms with E-state index in [2.05, 4.69) is 20.8 Å². The molecule has 0 saturated heterocycles. The van der Waals surface area contributed by atoms with Crippen molar-refractivity contribution in [3.8, 4) is 0 Å². The van der Waals surface area contributed by atoms with Gasteiger partial charge in [-0.15, -0.1) is 0 Å². The van der Waals surface area contributed by atoms with Crippen LogP contribution in [0, 0.1) is 0 Å². The smallest absolute Gasteiger partial charge is 0.401 e. The third kappa shape index (κ3) is 10.1. The SMILES string of the molecule is CCCCCC(=O)O[Si](CCCCC)(CCCCC)OC. The first-order chi connectivity index (χ1) is 10.1. The van der Waals surface area contributed by atoms with Crippen LogP contribution in [0.2, 0.25) is 12.1 Å². The molecule has 0 fully saturated rings. The largest absolute Gasteiger partial charge is 0.494 e. The highest BCUT2D eigenvalue weighted by Crippen LogP contribution is 2.25. The van der Waals surface area contributed by atoms with Crippen molar-refractivity contribution in [1.82, 2.24) is 0 Å². The van der Waals surface area contributed by atoms with Gasteiger partial charge in [0, 0.05) is 25.6 Å². The van der Waals surface area contributed by atoms with Gasteiger partial charge in [-0.2, -0.15) is 0 Å². The summed E-state index contributed by atoms with van der Waals surface area (Å²) in [5.74, 6) is -0.0371. The standard InChI is InChI=1S/C17H36O3Si/c1-5-8-11-14-17(18)20-21(19-4,15-12-9-6-2)16-13-10-7-3/h5-16H2,1-4H3. The van der Waals surface area contributed by atoms with Crippen molar-refractivity contribution in [2.45, 2.75) is 97.1 Å². The summed E-state index contributed by atoms with van der Waals surface area (Å²) in [6.45, 7) is 6.54. The van der Waals surface area contributed by atoms with Gasteiger partial charge in [-0.25, -0.2) is 0 Å². The maximum atomic E-state index is 12.1. The Labute approximate surface area is 133 Å². The second-order valence-corrected chi connectivity index (χ2v) is 9.39. The molecule has 4 heteroatoms. The molecule has 0 aromatic rings. The van der Waals surface area contributed by atoms with Gasteiger partial charge in [0.1, 0.15) is 0 Å². The fourth-order valence-corrected chi connectivity index (χ4v) is 5.58. The van der Waals surface area contributed by atoms with E-state index in [1.165, 1.54) is 25.7 Å². The predicted molar refractivity (Wildman–Crippen MR) is 91.7 cm³/mol. The lowest BCUT2D eigenvalue weighted by atomic mass is 10.2. The average Bonchev–Trinajstić information content (AvgIpc) is 2.47. The Morgan fingerprint density at radius 2 is 1.29 bits per heavy atom. The molecule has 0 aromatic heterocycles. The van der Waals surface area contributed by atoms with Crippen molar-refractivity contribution < 1.29 is 13.6 Å². The Kier molecular flexibility index (Phi) is 13.1. The van der Waals surface area contributed by atoms with E-state index in [4.69, 9.17) is 8.85 Å². The number of carbonyl (C=O) groups is 1. The maximum Gasteiger partial charge on any atom is 0.401 e. The van der Waals surface area contributed by atoms with Gasteiger partial charge in [0.2, 0.25) is 0 Å². The minimum absolute atomic E-state index is 0.0371. The minimum Gasteiger partial charge on any atom is -0.494 e. The molecule has 0 spiro atoms. The summed E-state index contributed by atoms with van der Waals surface area (Å²) in [7, 11) is -0.577. The average molecular weight is 317 g/mol. The number of unbranched alkanes of at least 4 members (excludes halogenated alkanes) is 6. The highest BCUT2D eigenvalue weighted by molar-refractivity contribution is 6.68. The third-order valence-corrected chi connectivity index (χ3v) is 7.55. The third-order valence-electron chi connectivity index (χ3n) is 3.98. The Morgan fingerprint density at radius 3 is 1.71 bits per heavy atom. The zero-order valence-electron chi connectivity index (χ0n) is 14.7. The number of carbonyl (C=O) groups excluding carboxylic acids is 1. The zero-order chi connectivity index (χ0) is 16.0. The van der Waals surface area contributed by atoms with Crippen LogP contribution in [0.4, 0.5) is 0 Å². The van der Waals surface area contributed by atoms with Crippen molar-refractivity contribution in [1.29, 1.82) is 0 Å². The Bertz CT molecular complexity index is 246. The minimum atomic E-state index is -2.32. The molecule has 0 heterocycles. The Morgan fingerprint density at radius 1 is 0.810 bits per heavy atom. The molecular formula is C17H36O3Si. The molecule has 0 aliphatic heterocycles. The van der Waals surface area contributed by atoms with Crippen LogP contribution in [0.5, 0.6) is 0 Å². The summed E-state index contributed by atoms with van der Waals surface area (Å²) in [5.41, 5.74) is 0. The summed E-state index contributed by atoms with van der Waals surface area (Å²) in [6.07, 6.45) is 10.7. The summed E-state index contributed by atoms with van der Waals surface area (Å²) in [5, 5.41) is 0. The van der Waals surface area contributed by atoms with Gasteiger partial charge in [-0.1, -0.05) is 72.1 Å². The molecular weight excluding hydrogens is 280 g/mol. The van der Waals surface area contributed by atoms with Crippen LogP contribution in [0.25, 0.3) is 0 Å². The highest BCUT2D eigenvalue weighted by atomic mass is 28.4. The van der Waals surface area contributed by atoms with Gasteiger partial charge in [0.25, 0.3) is 5.97 Å². The van der Waals surface area contributed by atoms with Gasteiger partial charge in [-0.05, 0) is 6.42 Å². The predicted octanol–water partition coefficient (Wildman–Crippen LogP) is 5.58. The summed E-state index contributed by atoms with van der Waals surface area (Å²) < 4.78 is 11.7. The van der Waals surface area contributed by atoms with Gasteiger partial charge in [0.15, 0.2) is 0 Å². The van der Waals surface area contributed by atoms with Crippen LogP contribution in [0.1, 0.15) is 85.0 Å². The van der Waals surface area contributed by atoms with E-state index in [0.29, 0.717) is 6.42 Å². The Balaban J connectivity index is 4.46. The van der Waals surface area contributed by atoms with Crippen LogP contribution < -0.4 is 0 Å². The van der Waals surface area contributed by atoms with E-state index in [1.54, 1.807) is 7.11 Å². The molecule has 0 bridgehead atoms. The maximum absolute atomic E-state index is 12.1. The van der Waals surface area contributed by atoms with Crippen LogP contribution >= 0.6 is 0 Å². The second-order valence-electron chi connectivity index (χ2n) is 5.96. The highest BCUT2D eigenvalue weighted by Gasteiger charge is 2.39. The summed E-state index contributed by atoms with van der Waals surface area (Å²) in [4.78, 5) is 12.1. The van der Waals surface area contributed by atoms with E-state index in [-0.39, 0.29) is 5.97 Å². The molecule has 0 aliphatic rings. The molecule has 0 N–H and O–H groups in total. The molecule has 0 aromatic carbocycles. The fraction of sp³-hybridized carbons (Fsp3) is 0.941. The monoisotopic (exact) mass is 316 g/mol. The van der Waals surface area contributed by atoms with E-state index in [9.17, 15) is 4.79 Å². The van der Waals surface area contributed by atoms with E-state index in [0.717, 1.165) is 44.2 Å². The molecule has 0 radical (unpaired) electrons. The molecule has 0 aliphatic carbocycles. The number of hydrogen-bond acceptors (Lipinski definition) is 3. The van der Waals surface area contributed by atoms with E-state index >= 15 is 0 Å². The lowest BCUT2D eigenvalue weighted by Gasteiger charge is -2.29. The van der Waals surface area contributed by atoms with Crippen molar-refractivity contribution in [3.05, 3.63) is 0 Å². The van der Waals surface area contributed by atoms with Crippen molar-refractivity contribution >= 4 is 14.5 Å². The van der Waals surface area contributed by atoms with Gasteiger partial charge < -0.3 is 8.85 Å². The van der Waals surface area contributed by atoms with E-state index in [1.807, 2.05) is 0 Å². The first-order valence-corrected chi connectivity index (χ1v) is 11.1. The van der Waals surface area contributed by atoms with Gasteiger partial charge in [-0.3, -0.25) is 4.79 Å². The normalized spacial score (nSPS) is 11.6. The van der Waals surface area contributed by atoms with E-state index < -0.39 is 8.56 Å². The Hall–Kier alpha value is -0.353. The van der Waals surface area contributed by atoms with Crippen molar-refractivity contribution in [3.63, 3.8) is 0 Å². The van der Waals surface area contributed by atoms with Gasteiger partial charge >= 0.3 is 8.56 Å². The van der Waals surface area contributed by atoms with Crippen LogP contribution in [0.3, 0.4) is 0 Å². The lowest BCUT2D eigenvalue weighted by molar-refractivity contribution is -0.136. The first-order valence-electron chi connectivity index (χ1n) is 8.91. The molecule has 0 unspecified atom stereocenters. The molecule has 126 valence electrons. The topological polar surface area (TPSA) is 35.5 Å². The molecule has 21 heavy (non-hydrogen) atoms. The molecule has 0 atom stereocenters. The first kappa shape index (κ1) is 20.6. The van der Waals surface area contributed by atoms with Crippen molar-refractivity contribution in [2.24, 2.45) is 0 Å². The fourth-order valence-electron chi connectivity index (χ4n) is 2.54. The molecule has 0 amide bonds. The number of rotatable bonds is 14. The molecule has 0 saturated carbocycles. The van der Waals surface area contributed by atoms with Crippen LogP contribution in [0.15, 0.2) is 0 Å². The molecule has 3 nitrogen and oxygen atoms in total. The second kappa shape index (κ2) is 13.3. The van der Waals surface area contributed by atoms with Crippen molar-refractivity contribution in [2.75, 3.05) is 7.11 Å². The molecule has 0 rings (SSSR count). The summed E-state index contributed by atoms with van der Waals surface area (Å²) >= 11 is 0. The van der Waals surface area contributed by atoms with Crippen LogP contribution in [-0.4, -0.2) is 21.6 Å².